The number of aryl methyl sites for hydroxylation is 1. The standard InChI is InChI=1S/C9H15N3/c1-7-4-8(5-10)6-11-9(7)12(2)3/h4,6H,5,10H2,1-3H3. The minimum atomic E-state index is 0.557. The van der Waals surface area contributed by atoms with Crippen molar-refractivity contribution < 1.29 is 0 Å². The van der Waals surface area contributed by atoms with Crippen LogP contribution in [0.15, 0.2) is 12.3 Å². The molecule has 0 fully saturated rings. The zero-order chi connectivity index (χ0) is 9.14. The van der Waals surface area contributed by atoms with Crippen molar-refractivity contribution in [2.75, 3.05) is 19.0 Å². The Morgan fingerprint density at radius 2 is 2.17 bits per heavy atom. The maximum Gasteiger partial charge on any atom is 0.130 e. The molecular formula is C9H15N3. The van der Waals surface area contributed by atoms with Crippen LogP contribution in [0.4, 0.5) is 5.82 Å². The van der Waals surface area contributed by atoms with Gasteiger partial charge in [0.05, 0.1) is 0 Å². The largest absolute Gasteiger partial charge is 0.363 e. The molecule has 66 valence electrons. The van der Waals surface area contributed by atoms with Gasteiger partial charge in [-0.05, 0) is 24.1 Å². The van der Waals surface area contributed by atoms with Crippen LogP contribution in [0.2, 0.25) is 0 Å². The SMILES string of the molecule is Cc1cc(CN)cnc1N(C)C. The van der Waals surface area contributed by atoms with E-state index in [2.05, 4.69) is 11.1 Å². The summed E-state index contributed by atoms with van der Waals surface area (Å²) in [6.45, 7) is 2.60. The normalized spacial score (nSPS) is 10.0. The minimum Gasteiger partial charge on any atom is -0.363 e. The quantitative estimate of drug-likeness (QED) is 0.708. The summed E-state index contributed by atoms with van der Waals surface area (Å²) in [5.74, 6) is 1.01. The fourth-order valence-electron chi connectivity index (χ4n) is 1.21. The van der Waals surface area contributed by atoms with E-state index in [-0.39, 0.29) is 0 Å². The maximum atomic E-state index is 5.49. The van der Waals surface area contributed by atoms with E-state index in [4.69, 9.17) is 5.73 Å². The second kappa shape index (κ2) is 3.54. The lowest BCUT2D eigenvalue weighted by Gasteiger charge is -2.14. The first-order valence-corrected chi connectivity index (χ1v) is 3.98. The number of pyridine rings is 1. The molecule has 0 spiro atoms. The Labute approximate surface area is 73.2 Å². The van der Waals surface area contributed by atoms with Gasteiger partial charge >= 0.3 is 0 Å². The molecular weight excluding hydrogens is 150 g/mol. The third-order valence-corrected chi connectivity index (χ3v) is 1.77. The van der Waals surface area contributed by atoms with Crippen LogP contribution >= 0.6 is 0 Å². The lowest BCUT2D eigenvalue weighted by Crippen LogP contribution is -2.12. The molecule has 0 bridgehead atoms. The molecule has 0 saturated carbocycles. The zero-order valence-corrected chi connectivity index (χ0v) is 7.83. The van der Waals surface area contributed by atoms with Crippen LogP contribution in [-0.2, 0) is 6.54 Å². The Morgan fingerprint density at radius 3 is 2.58 bits per heavy atom. The van der Waals surface area contributed by atoms with Gasteiger partial charge in [0.25, 0.3) is 0 Å². The molecule has 1 rings (SSSR count). The highest BCUT2D eigenvalue weighted by atomic mass is 15.1. The van der Waals surface area contributed by atoms with Gasteiger partial charge in [0.15, 0.2) is 0 Å². The van der Waals surface area contributed by atoms with Crippen molar-refractivity contribution >= 4 is 5.82 Å². The summed E-state index contributed by atoms with van der Waals surface area (Å²) in [5, 5.41) is 0. The van der Waals surface area contributed by atoms with Crippen molar-refractivity contribution in [3.63, 3.8) is 0 Å². The molecule has 0 unspecified atom stereocenters. The summed E-state index contributed by atoms with van der Waals surface area (Å²) in [7, 11) is 3.97. The average molecular weight is 165 g/mol. The van der Waals surface area contributed by atoms with Crippen LogP contribution in [0.3, 0.4) is 0 Å². The molecule has 0 amide bonds. The fourth-order valence-corrected chi connectivity index (χ4v) is 1.21. The summed E-state index contributed by atoms with van der Waals surface area (Å²) in [6, 6.07) is 2.07. The minimum absolute atomic E-state index is 0.557. The van der Waals surface area contributed by atoms with Crippen LogP contribution in [0.1, 0.15) is 11.1 Å². The molecule has 0 saturated heterocycles. The predicted octanol–water partition coefficient (Wildman–Crippen LogP) is 0.915. The van der Waals surface area contributed by atoms with Crippen molar-refractivity contribution in [1.29, 1.82) is 0 Å². The smallest absolute Gasteiger partial charge is 0.130 e. The second-order valence-electron chi connectivity index (χ2n) is 3.08. The van der Waals surface area contributed by atoms with E-state index in [1.54, 1.807) is 0 Å². The number of nitrogens with zero attached hydrogens (tertiary/aromatic N) is 2. The first-order valence-electron chi connectivity index (χ1n) is 3.98. The molecule has 0 radical (unpaired) electrons. The number of hydrogen-bond acceptors (Lipinski definition) is 3. The van der Waals surface area contributed by atoms with E-state index in [0.29, 0.717) is 6.54 Å². The van der Waals surface area contributed by atoms with E-state index in [0.717, 1.165) is 11.4 Å². The van der Waals surface area contributed by atoms with E-state index in [9.17, 15) is 0 Å². The summed E-state index contributed by atoms with van der Waals surface area (Å²) in [4.78, 5) is 6.29. The van der Waals surface area contributed by atoms with Gasteiger partial charge in [0, 0.05) is 26.8 Å². The van der Waals surface area contributed by atoms with Crippen molar-refractivity contribution in [3.05, 3.63) is 23.4 Å². The van der Waals surface area contributed by atoms with E-state index >= 15 is 0 Å². The van der Waals surface area contributed by atoms with Crippen LogP contribution < -0.4 is 10.6 Å². The molecule has 0 aromatic carbocycles. The third kappa shape index (κ3) is 1.74. The lowest BCUT2D eigenvalue weighted by molar-refractivity contribution is 1.00. The van der Waals surface area contributed by atoms with E-state index in [1.165, 1.54) is 5.56 Å². The van der Waals surface area contributed by atoms with Crippen LogP contribution in [0.5, 0.6) is 0 Å². The van der Waals surface area contributed by atoms with E-state index in [1.807, 2.05) is 32.1 Å². The van der Waals surface area contributed by atoms with E-state index < -0.39 is 0 Å². The highest BCUT2D eigenvalue weighted by molar-refractivity contribution is 5.45. The molecule has 0 aliphatic carbocycles. The van der Waals surface area contributed by atoms with Gasteiger partial charge in [-0.2, -0.15) is 0 Å². The summed E-state index contributed by atoms with van der Waals surface area (Å²) >= 11 is 0. The zero-order valence-electron chi connectivity index (χ0n) is 7.83. The molecule has 12 heavy (non-hydrogen) atoms. The first kappa shape index (κ1) is 9.00. The van der Waals surface area contributed by atoms with Crippen LogP contribution in [-0.4, -0.2) is 19.1 Å². The molecule has 0 aliphatic heterocycles. The third-order valence-electron chi connectivity index (χ3n) is 1.77. The Morgan fingerprint density at radius 1 is 1.50 bits per heavy atom. The number of hydrogen-bond donors (Lipinski definition) is 1. The average Bonchev–Trinajstić information content (AvgIpc) is 2.03. The van der Waals surface area contributed by atoms with Gasteiger partial charge in [0.1, 0.15) is 5.82 Å². The molecule has 3 heteroatoms. The molecule has 1 aromatic rings. The number of nitrogens with two attached hydrogens (primary N) is 1. The Bertz CT molecular complexity index is 268. The molecule has 1 heterocycles. The molecule has 3 nitrogen and oxygen atoms in total. The fraction of sp³-hybridized carbons (Fsp3) is 0.444. The molecule has 0 atom stereocenters. The van der Waals surface area contributed by atoms with Crippen LogP contribution in [0, 0.1) is 6.92 Å². The number of rotatable bonds is 2. The Hall–Kier alpha value is -1.09. The molecule has 1 aromatic heterocycles. The van der Waals surface area contributed by atoms with Gasteiger partial charge < -0.3 is 10.6 Å². The Balaban J connectivity index is 3.03. The Kier molecular flexibility index (Phi) is 2.65. The van der Waals surface area contributed by atoms with Gasteiger partial charge in [-0.3, -0.25) is 0 Å². The van der Waals surface area contributed by atoms with Crippen molar-refractivity contribution in [3.8, 4) is 0 Å². The summed E-state index contributed by atoms with van der Waals surface area (Å²) in [6.07, 6.45) is 1.82. The van der Waals surface area contributed by atoms with Gasteiger partial charge in [0.2, 0.25) is 0 Å². The first-order chi connectivity index (χ1) is 5.65. The van der Waals surface area contributed by atoms with Gasteiger partial charge in [-0.25, -0.2) is 4.98 Å². The second-order valence-corrected chi connectivity index (χ2v) is 3.08. The highest BCUT2D eigenvalue weighted by Gasteiger charge is 2.01. The number of anilines is 1. The highest BCUT2D eigenvalue weighted by Crippen LogP contribution is 2.14. The van der Waals surface area contributed by atoms with Crippen molar-refractivity contribution in [2.45, 2.75) is 13.5 Å². The maximum absolute atomic E-state index is 5.49. The molecule has 2 N–H and O–H groups in total. The predicted molar refractivity (Wildman–Crippen MR) is 51.2 cm³/mol. The van der Waals surface area contributed by atoms with Crippen molar-refractivity contribution in [2.24, 2.45) is 5.73 Å². The van der Waals surface area contributed by atoms with Crippen molar-refractivity contribution in [1.82, 2.24) is 4.98 Å². The summed E-state index contributed by atoms with van der Waals surface area (Å²) in [5.41, 5.74) is 7.74. The van der Waals surface area contributed by atoms with Crippen LogP contribution in [0.25, 0.3) is 0 Å². The lowest BCUT2D eigenvalue weighted by atomic mass is 10.2. The van der Waals surface area contributed by atoms with Gasteiger partial charge in [-0.1, -0.05) is 0 Å². The monoisotopic (exact) mass is 165 g/mol. The molecule has 0 aliphatic rings. The van der Waals surface area contributed by atoms with Gasteiger partial charge in [-0.15, -0.1) is 0 Å². The topological polar surface area (TPSA) is 42.1 Å². The summed E-state index contributed by atoms with van der Waals surface area (Å²) < 4.78 is 0. The number of aromatic nitrogens is 1.